The zero-order chi connectivity index (χ0) is 14.6. The molecule has 0 aliphatic heterocycles. The van der Waals surface area contributed by atoms with Gasteiger partial charge in [-0.1, -0.05) is 24.3 Å². The number of aryl methyl sites for hydroxylation is 1. The van der Waals surface area contributed by atoms with Gasteiger partial charge in [0.1, 0.15) is 11.6 Å². The molecule has 0 atom stereocenters. The van der Waals surface area contributed by atoms with Crippen molar-refractivity contribution in [3.05, 3.63) is 54.2 Å². The summed E-state index contributed by atoms with van der Waals surface area (Å²) in [5.41, 5.74) is -0.128. The van der Waals surface area contributed by atoms with Crippen molar-refractivity contribution in [2.75, 3.05) is 5.32 Å². The minimum atomic E-state index is -0.979. The number of ether oxygens (including phenoxy) is 1. The third kappa shape index (κ3) is 3.57. The number of hydrogen-bond donors (Lipinski definition) is 1. The van der Waals surface area contributed by atoms with Gasteiger partial charge in [0.25, 0.3) is 5.91 Å². The van der Waals surface area contributed by atoms with Crippen LogP contribution in [0, 0.1) is 6.92 Å². The van der Waals surface area contributed by atoms with E-state index in [1.165, 1.54) is 0 Å². The third-order valence-electron chi connectivity index (χ3n) is 2.79. The Labute approximate surface area is 118 Å². The number of anilines is 1. The average Bonchev–Trinajstić information content (AvgIpc) is 2.39. The molecule has 20 heavy (non-hydrogen) atoms. The number of nitrogens with one attached hydrogen (secondary N) is 1. The summed E-state index contributed by atoms with van der Waals surface area (Å²) in [6.45, 7) is 5.33. The van der Waals surface area contributed by atoms with E-state index in [1.54, 1.807) is 19.9 Å². The summed E-state index contributed by atoms with van der Waals surface area (Å²) in [4.78, 5) is 16.5. The molecule has 1 aromatic carbocycles. The maximum absolute atomic E-state index is 12.3. The number of rotatable bonds is 4. The second-order valence-corrected chi connectivity index (χ2v) is 5.04. The van der Waals surface area contributed by atoms with Crippen molar-refractivity contribution in [1.29, 1.82) is 0 Å². The summed E-state index contributed by atoms with van der Waals surface area (Å²) >= 11 is 0. The van der Waals surface area contributed by atoms with Crippen LogP contribution >= 0.6 is 0 Å². The Kier molecular flexibility index (Phi) is 4.03. The van der Waals surface area contributed by atoms with Crippen LogP contribution in [0.2, 0.25) is 0 Å². The highest BCUT2D eigenvalue weighted by Gasteiger charge is 2.30. The highest BCUT2D eigenvalue weighted by Crippen LogP contribution is 2.19. The van der Waals surface area contributed by atoms with E-state index >= 15 is 0 Å². The van der Waals surface area contributed by atoms with E-state index in [4.69, 9.17) is 4.74 Å². The Bertz CT molecular complexity index is 594. The Morgan fingerprint density at radius 2 is 1.80 bits per heavy atom. The van der Waals surface area contributed by atoms with Crippen molar-refractivity contribution in [3.8, 4) is 5.75 Å². The SMILES string of the molecule is Cc1cccc(NC(=O)C(C)(C)Oc2ccccc2)n1. The predicted octanol–water partition coefficient (Wildman–Crippen LogP) is 3.19. The highest BCUT2D eigenvalue weighted by molar-refractivity contribution is 5.96. The second-order valence-electron chi connectivity index (χ2n) is 5.04. The standard InChI is InChI=1S/C16H18N2O2/c1-12-8-7-11-14(17-12)18-15(19)16(2,3)20-13-9-5-4-6-10-13/h4-11H,1-3H3,(H,17,18,19). The maximum Gasteiger partial charge on any atom is 0.269 e. The van der Waals surface area contributed by atoms with Crippen LogP contribution in [0.1, 0.15) is 19.5 Å². The Balaban J connectivity index is 2.07. The van der Waals surface area contributed by atoms with E-state index in [9.17, 15) is 4.79 Å². The lowest BCUT2D eigenvalue weighted by Crippen LogP contribution is -2.42. The van der Waals surface area contributed by atoms with E-state index < -0.39 is 5.60 Å². The van der Waals surface area contributed by atoms with Crippen LogP contribution in [-0.2, 0) is 4.79 Å². The first-order valence-corrected chi connectivity index (χ1v) is 6.46. The molecule has 0 spiro atoms. The first kappa shape index (κ1) is 14.1. The number of hydrogen-bond acceptors (Lipinski definition) is 3. The minimum absolute atomic E-state index is 0.237. The minimum Gasteiger partial charge on any atom is -0.478 e. The lowest BCUT2D eigenvalue weighted by atomic mass is 10.1. The van der Waals surface area contributed by atoms with Gasteiger partial charge in [-0.2, -0.15) is 0 Å². The fourth-order valence-corrected chi connectivity index (χ4v) is 1.71. The quantitative estimate of drug-likeness (QED) is 0.928. The molecule has 0 fully saturated rings. The predicted molar refractivity (Wildman–Crippen MR) is 78.8 cm³/mol. The number of benzene rings is 1. The number of carbonyl (C=O) groups excluding carboxylic acids is 1. The number of carbonyl (C=O) groups is 1. The van der Waals surface area contributed by atoms with Crippen LogP contribution in [0.25, 0.3) is 0 Å². The van der Waals surface area contributed by atoms with Gasteiger partial charge in [0.15, 0.2) is 5.60 Å². The lowest BCUT2D eigenvalue weighted by Gasteiger charge is -2.25. The molecule has 2 rings (SSSR count). The van der Waals surface area contributed by atoms with Crippen molar-refractivity contribution >= 4 is 11.7 Å². The molecule has 4 nitrogen and oxygen atoms in total. The normalized spacial score (nSPS) is 10.9. The Morgan fingerprint density at radius 1 is 1.10 bits per heavy atom. The molecular formula is C16H18N2O2. The van der Waals surface area contributed by atoms with E-state index in [1.807, 2.05) is 49.4 Å². The van der Waals surface area contributed by atoms with Gasteiger partial charge in [-0.25, -0.2) is 4.98 Å². The van der Waals surface area contributed by atoms with Gasteiger partial charge in [0, 0.05) is 5.69 Å². The summed E-state index contributed by atoms with van der Waals surface area (Å²) in [5.74, 6) is 0.948. The van der Waals surface area contributed by atoms with Crippen LogP contribution in [0.3, 0.4) is 0 Å². The topological polar surface area (TPSA) is 51.2 Å². The highest BCUT2D eigenvalue weighted by atomic mass is 16.5. The molecule has 1 amide bonds. The molecule has 0 aliphatic rings. The number of nitrogens with zero attached hydrogens (tertiary/aromatic N) is 1. The first-order chi connectivity index (χ1) is 9.47. The van der Waals surface area contributed by atoms with Crippen molar-refractivity contribution in [1.82, 2.24) is 4.98 Å². The van der Waals surface area contributed by atoms with Crippen molar-refractivity contribution in [2.45, 2.75) is 26.4 Å². The van der Waals surface area contributed by atoms with E-state index in [0.717, 1.165) is 5.69 Å². The van der Waals surface area contributed by atoms with E-state index in [0.29, 0.717) is 11.6 Å². The van der Waals surface area contributed by atoms with Crippen molar-refractivity contribution < 1.29 is 9.53 Å². The first-order valence-electron chi connectivity index (χ1n) is 6.46. The molecule has 0 saturated heterocycles. The molecule has 0 unspecified atom stereocenters. The smallest absolute Gasteiger partial charge is 0.269 e. The van der Waals surface area contributed by atoms with Gasteiger partial charge in [-0.3, -0.25) is 4.79 Å². The summed E-state index contributed by atoms with van der Waals surface area (Å²) in [6.07, 6.45) is 0. The molecular weight excluding hydrogens is 252 g/mol. The molecule has 2 aromatic rings. The summed E-state index contributed by atoms with van der Waals surface area (Å²) in [5, 5.41) is 2.77. The summed E-state index contributed by atoms with van der Waals surface area (Å²) in [6, 6.07) is 14.8. The lowest BCUT2D eigenvalue weighted by molar-refractivity contribution is -0.128. The number of amides is 1. The Morgan fingerprint density at radius 3 is 2.45 bits per heavy atom. The molecule has 0 saturated carbocycles. The average molecular weight is 270 g/mol. The summed E-state index contributed by atoms with van der Waals surface area (Å²) in [7, 11) is 0. The molecule has 1 aromatic heterocycles. The molecule has 1 heterocycles. The van der Waals surface area contributed by atoms with Gasteiger partial charge in [0.05, 0.1) is 0 Å². The fraction of sp³-hybridized carbons (Fsp3) is 0.250. The summed E-state index contributed by atoms with van der Waals surface area (Å²) < 4.78 is 5.73. The zero-order valence-electron chi connectivity index (χ0n) is 11.9. The second kappa shape index (κ2) is 5.74. The molecule has 104 valence electrons. The number of aromatic nitrogens is 1. The maximum atomic E-state index is 12.3. The van der Waals surface area contributed by atoms with Gasteiger partial charge in [0.2, 0.25) is 0 Å². The monoisotopic (exact) mass is 270 g/mol. The van der Waals surface area contributed by atoms with Crippen LogP contribution in [0.4, 0.5) is 5.82 Å². The largest absolute Gasteiger partial charge is 0.478 e. The van der Waals surface area contributed by atoms with Crippen LogP contribution < -0.4 is 10.1 Å². The molecule has 0 radical (unpaired) electrons. The van der Waals surface area contributed by atoms with Crippen LogP contribution in [0.15, 0.2) is 48.5 Å². The van der Waals surface area contributed by atoms with Crippen molar-refractivity contribution in [3.63, 3.8) is 0 Å². The molecule has 1 N–H and O–H groups in total. The Hall–Kier alpha value is -2.36. The third-order valence-corrected chi connectivity index (χ3v) is 2.79. The molecule has 0 bridgehead atoms. The fourth-order valence-electron chi connectivity index (χ4n) is 1.71. The zero-order valence-corrected chi connectivity index (χ0v) is 11.9. The molecule has 0 aliphatic carbocycles. The van der Waals surface area contributed by atoms with E-state index in [-0.39, 0.29) is 5.91 Å². The van der Waals surface area contributed by atoms with Gasteiger partial charge < -0.3 is 10.1 Å². The molecule has 4 heteroatoms. The van der Waals surface area contributed by atoms with Crippen LogP contribution in [-0.4, -0.2) is 16.5 Å². The van der Waals surface area contributed by atoms with Gasteiger partial charge in [-0.15, -0.1) is 0 Å². The van der Waals surface area contributed by atoms with Gasteiger partial charge >= 0.3 is 0 Å². The van der Waals surface area contributed by atoms with Crippen LogP contribution in [0.5, 0.6) is 5.75 Å². The number of para-hydroxylation sites is 1. The van der Waals surface area contributed by atoms with Gasteiger partial charge in [-0.05, 0) is 45.0 Å². The van der Waals surface area contributed by atoms with E-state index in [2.05, 4.69) is 10.3 Å². The van der Waals surface area contributed by atoms with Crippen molar-refractivity contribution in [2.24, 2.45) is 0 Å². The number of pyridine rings is 1.